The second-order valence-corrected chi connectivity index (χ2v) is 5.19. The second kappa shape index (κ2) is 6.03. The Bertz CT molecular complexity index is 484. The number of amides is 1. The zero-order valence-corrected chi connectivity index (χ0v) is 11.6. The van der Waals surface area contributed by atoms with Crippen molar-refractivity contribution in [1.29, 1.82) is 0 Å². The SMILES string of the molecule is O=C(CCNc1ccc2c(c1)OCO2)N1CCCCC1. The number of carbonyl (C=O) groups is 1. The van der Waals surface area contributed by atoms with Crippen LogP contribution in [0.2, 0.25) is 0 Å². The summed E-state index contributed by atoms with van der Waals surface area (Å²) in [6.07, 6.45) is 4.07. The number of ether oxygens (including phenoxy) is 2. The number of rotatable bonds is 4. The molecule has 1 saturated heterocycles. The minimum atomic E-state index is 0.248. The van der Waals surface area contributed by atoms with Crippen LogP contribution in [0.3, 0.4) is 0 Å². The van der Waals surface area contributed by atoms with Gasteiger partial charge in [-0.05, 0) is 31.4 Å². The first-order valence-electron chi connectivity index (χ1n) is 7.24. The number of nitrogens with one attached hydrogen (secondary N) is 1. The van der Waals surface area contributed by atoms with E-state index in [1.807, 2.05) is 23.1 Å². The smallest absolute Gasteiger partial charge is 0.231 e. The Kier molecular flexibility index (Phi) is 3.95. The van der Waals surface area contributed by atoms with Crippen LogP contribution in [0.25, 0.3) is 0 Å². The molecule has 0 bridgehead atoms. The summed E-state index contributed by atoms with van der Waals surface area (Å²) in [7, 11) is 0. The number of hydrogen-bond acceptors (Lipinski definition) is 4. The molecule has 1 aromatic rings. The monoisotopic (exact) mass is 276 g/mol. The van der Waals surface area contributed by atoms with Gasteiger partial charge in [0.15, 0.2) is 11.5 Å². The molecule has 2 aliphatic rings. The van der Waals surface area contributed by atoms with E-state index in [1.54, 1.807) is 0 Å². The van der Waals surface area contributed by atoms with Crippen LogP contribution < -0.4 is 14.8 Å². The first kappa shape index (κ1) is 13.1. The largest absolute Gasteiger partial charge is 0.454 e. The molecule has 3 rings (SSSR count). The lowest BCUT2D eigenvalue weighted by molar-refractivity contribution is -0.131. The molecular weight excluding hydrogens is 256 g/mol. The van der Waals surface area contributed by atoms with Gasteiger partial charge in [0.1, 0.15) is 0 Å². The summed E-state index contributed by atoms with van der Waals surface area (Å²) in [6.45, 7) is 2.77. The van der Waals surface area contributed by atoms with Crippen LogP contribution in [-0.4, -0.2) is 37.2 Å². The number of likely N-dealkylation sites (tertiary alicyclic amines) is 1. The lowest BCUT2D eigenvalue weighted by Crippen LogP contribution is -2.36. The average Bonchev–Trinajstić information content (AvgIpc) is 2.95. The van der Waals surface area contributed by atoms with Crippen molar-refractivity contribution in [3.63, 3.8) is 0 Å². The van der Waals surface area contributed by atoms with E-state index in [-0.39, 0.29) is 12.7 Å². The Hall–Kier alpha value is -1.91. The summed E-state index contributed by atoms with van der Waals surface area (Å²) in [5, 5.41) is 3.26. The molecule has 0 saturated carbocycles. The Morgan fingerprint density at radius 3 is 2.80 bits per heavy atom. The van der Waals surface area contributed by atoms with Gasteiger partial charge in [-0.25, -0.2) is 0 Å². The standard InChI is InChI=1S/C15H20N2O3/c18-15(17-8-2-1-3-9-17)6-7-16-12-4-5-13-14(10-12)20-11-19-13/h4-5,10,16H,1-3,6-9,11H2. The fraction of sp³-hybridized carbons (Fsp3) is 0.533. The fourth-order valence-electron chi connectivity index (χ4n) is 2.62. The minimum Gasteiger partial charge on any atom is -0.454 e. The third-order valence-electron chi connectivity index (χ3n) is 3.75. The van der Waals surface area contributed by atoms with E-state index in [1.165, 1.54) is 6.42 Å². The maximum Gasteiger partial charge on any atom is 0.231 e. The summed E-state index contributed by atoms with van der Waals surface area (Å²) < 4.78 is 10.6. The number of anilines is 1. The molecule has 0 atom stereocenters. The van der Waals surface area contributed by atoms with Crippen LogP contribution in [0.15, 0.2) is 18.2 Å². The Morgan fingerprint density at radius 1 is 1.15 bits per heavy atom. The van der Waals surface area contributed by atoms with Gasteiger partial charge in [-0.3, -0.25) is 4.79 Å². The molecule has 1 fully saturated rings. The highest BCUT2D eigenvalue weighted by Gasteiger charge is 2.16. The van der Waals surface area contributed by atoms with Crippen molar-refractivity contribution in [2.45, 2.75) is 25.7 Å². The minimum absolute atomic E-state index is 0.248. The highest BCUT2D eigenvalue weighted by molar-refractivity contribution is 5.76. The molecule has 0 spiro atoms. The molecule has 2 aliphatic heterocycles. The van der Waals surface area contributed by atoms with E-state index >= 15 is 0 Å². The first-order chi connectivity index (χ1) is 9.83. The van der Waals surface area contributed by atoms with Gasteiger partial charge < -0.3 is 19.7 Å². The fourth-order valence-corrected chi connectivity index (χ4v) is 2.62. The van der Waals surface area contributed by atoms with E-state index in [0.29, 0.717) is 13.0 Å². The molecule has 1 N–H and O–H groups in total. The molecule has 1 aromatic carbocycles. The van der Waals surface area contributed by atoms with Gasteiger partial charge in [0, 0.05) is 37.8 Å². The molecule has 2 heterocycles. The van der Waals surface area contributed by atoms with E-state index < -0.39 is 0 Å². The predicted octanol–water partition coefficient (Wildman–Crippen LogP) is 2.23. The van der Waals surface area contributed by atoms with Gasteiger partial charge in [0.25, 0.3) is 0 Å². The lowest BCUT2D eigenvalue weighted by atomic mass is 10.1. The lowest BCUT2D eigenvalue weighted by Gasteiger charge is -2.26. The highest BCUT2D eigenvalue weighted by atomic mass is 16.7. The van der Waals surface area contributed by atoms with Crippen molar-refractivity contribution >= 4 is 11.6 Å². The average molecular weight is 276 g/mol. The van der Waals surface area contributed by atoms with Crippen LogP contribution in [0, 0.1) is 0 Å². The zero-order valence-electron chi connectivity index (χ0n) is 11.6. The number of carbonyl (C=O) groups excluding carboxylic acids is 1. The summed E-state index contributed by atoms with van der Waals surface area (Å²) in [6, 6.07) is 5.74. The van der Waals surface area contributed by atoms with Crippen molar-refractivity contribution in [1.82, 2.24) is 4.90 Å². The van der Waals surface area contributed by atoms with Crippen molar-refractivity contribution in [2.24, 2.45) is 0 Å². The van der Waals surface area contributed by atoms with Gasteiger partial charge in [0.05, 0.1) is 0 Å². The van der Waals surface area contributed by atoms with Gasteiger partial charge in [-0.15, -0.1) is 0 Å². The Labute approximate surface area is 118 Å². The Balaban J connectivity index is 1.46. The van der Waals surface area contributed by atoms with Crippen LogP contribution >= 0.6 is 0 Å². The molecule has 0 radical (unpaired) electrons. The number of hydrogen-bond donors (Lipinski definition) is 1. The molecule has 0 aromatic heterocycles. The molecule has 5 heteroatoms. The van der Waals surface area contributed by atoms with Crippen molar-refractivity contribution in [3.05, 3.63) is 18.2 Å². The second-order valence-electron chi connectivity index (χ2n) is 5.19. The van der Waals surface area contributed by atoms with Crippen molar-refractivity contribution in [3.8, 4) is 11.5 Å². The third-order valence-corrected chi connectivity index (χ3v) is 3.75. The first-order valence-corrected chi connectivity index (χ1v) is 7.24. The van der Waals surface area contributed by atoms with Crippen molar-refractivity contribution in [2.75, 3.05) is 31.7 Å². The molecule has 1 amide bonds. The number of fused-ring (bicyclic) bond motifs is 1. The number of nitrogens with zero attached hydrogens (tertiary/aromatic N) is 1. The van der Waals surface area contributed by atoms with E-state index in [9.17, 15) is 4.79 Å². The van der Waals surface area contributed by atoms with Crippen LogP contribution in [-0.2, 0) is 4.79 Å². The predicted molar refractivity (Wildman–Crippen MR) is 76.1 cm³/mol. The van der Waals surface area contributed by atoms with E-state index in [4.69, 9.17) is 9.47 Å². The maximum absolute atomic E-state index is 12.0. The molecule has 5 nitrogen and oxygen atoms in total. The zero-order chi connectivity index (χ0) is 13.8. The molecular formula is C15H20N2O3. The third kappa shape index (κ3) is 2.98. The topological polar surface area (TPSA) is 50.8 Å². The van der Waals surface area contributed by atoms with Crippen molar-refractivity contribution < 1.29 is 14.3 Å². The van der Waals surface area contributed by atoms with Gasteiger partial charge in [0.2, 0.25) is 12.7 Å². The highest BCUT2D eigenvalue weighted by Crippen LogP contribution is 2.34. The molecule has 0 aliphatic carbocycles. The summed E-state index contributed by atoms with van der Waals surface area (Å²) in [4.78, 5) is 14.0. The van der Waals surface area contributed by atoms with Gasteiger partial charge >= 0.3 is 0 Å². The number of piperidine rings is 1. The molecule has 108 valence electrons. The molecule has 20 heavy (non-hydrogen) atoms. The van der Waals surface area contributed by atoms with Crippen LogP contribution in [0.4, 0.5) is 5.69 Å². The van der Waals surface area contributed by atoms with E-state index in [2.05, 4.69) is 5.32 Å². The summed E-state index contributed by atoms with van der Waals surface area (Å²) >= 11 is 0. The Morgan fingerprint density at radius 2 is 1.95 bits per heavy atom. The quantitative estimate of drug-likeness (QED) is 0.916. The summed E-state index contributed by atoms with van der Waals surface area (Å²) in [5.74, 6) is 1.79. The van der Waals surface area contributed by atoms with Crippen LogP contribution in [0.5, 0.6) is 11.5 Å². The molecule has 0 unspecified atom stereocenters. The van der Waals surface area contributed by atoms with Crippen LogP contribution in [0.1, 0.15) is 25.7 Å². The van der Waals surface area contributed by atoms with E-state index in [0.717, 1.165) is 43.1 Å². The van der Waals surface area contributed by atoms with Gasteiger partial charge in [-0.1, -0.05) is 0 Å². The van der Waals surface area contributed by atoms with Gasteiger partial charge in [-0.2, -0.15) is 0 Å². The maximum atomic E-state index is 12.0. The number of benzene rings is 1. The summed E-state index contributed by atoms with van der Waals surface area (Å²) in [5.41, 5.74) is 0.959. The normalized spacial score (nSPS) is 17.1.